The maximum atomic E-state index is 13.9. The SMILES string of the molecule is CC1CCC2CC(C3CCC(C(=O)Oc4ccc(OC(F)F)c(F)c4)CC3)CCC2C1. The molecule has 3 aliphatic rings. The summed E-state index contributed by atoms with van der Waals surface area (Å²) in [6.07, 6.45) is 12.0. The van der Waals surface area contributed by atoms with Gasteiger partial charge in [0.15, 0.2) is 11.6 Å². The first-order chi connectivity index (χ1) is 14.9. The summed E-state index contributed by atoms with van der Waals surface area (Å²) in [5.74, 6) is 2.19. The van der Waals surface area contributed by atoms with E-state index < -0.39 is 18.2 Å². The quantitative estimate of drug-likeness (QED) is 0.367. The second kappa shape index (κ2) is 9.83. The van der Waals surface area contributed by atoms with Gasteiger partial charge in [-0.15, -0.1) is 0 Å². The molecule has 4 rings (SSSR count). The van der Waals surface area contributed by atoms with Gasteiger partial charge in [-0.25, -0.2) is 4.39 Å². The van der Waals surface area contributed by atoms with Gasteiger partial charge < -0.3 is 9.47 Å². The molecule has 0 bridgehead atoms. The molecule has 4 atom stereocenters. The van der Waals surface area contributed by atoms with E-state index in [4.69, 9.17) is 4.74 Å². The Kier molecular flexibility index (Phi) is 7.12. The molecule has 0 aromatic heterocycles. The van der Waals surface area contributed by atoms with Gasteiger partial charge in [0.25, 0.3) is 0 Å². The number of carbonyl (C=O) groups excluding carboxylic acids is 1. The van der Waals surface area contributed by atoms with Crippen LogP contribution in [-0.4, -0.2) is 12.6 Å². The molecular formula is C25H33F3O3. The molecule has 3 nitrogen and oxygen atoms in total. The molecule has 3 aliphatic carbocycles. The van der Waals surface area contributed by atoms with E-state index in [-0.39, 0.29) is 17.6 Å². The molecule has 0 amide bonds. The lowest BCUT2D eigenvalue weighted by atomic mass is 9.61. The first-order valence-electron chi connectivity index (χ1n) is 11.8. The van der Waals surface area contributed by atoms with Crippen LogP contribution in [0.4, 0.5) is 13.2 Å². The number of rotatable bonds is 5. The van der Waals surface area contributed by atoms with Crippen molar-refractivity contribution >= 4 is 5.97 Å². The molecule has 0 spiro atoms. The van der Waals surface area contributed by atoms with Crippen LogP contribution in [0.3, 0.4) is 0 Å². The second-order valence-corrected chi connectivity index (χ2v) is 10.0. The second-order valence-electron chi connectivity index (χ2n) is 10.0. The summed E-state index contributed by atoms with van der Waals surface area (Å²) in [7, 11) is 0. The van der Waals surface area contributed by atoms with Crippen molar-refractivity contribution in [2.75, 3.05) is 0 Å². The summed E-state index contributed by atoms with van der Waals surface area (Å²) in [5.41, 5.74) is 0. The molecule has 0 aliphatic heterocycles. The summed E-state index contributed by atoms with van der Waals surface area (Å²) < 4.78 is 47.8. The molecule has 6 heteroatoms. The van der Waals surface area contributed by atoms with E-state index >= 15 is 0 Å². The maximum Gasteiger partial charge on any atom is 0.387 e. The van der Waals surface area contributed by atoms with Crippen molar-refractivity contribution in [1.82, 2.24) is 0 Å². The molecular weight excluding hydrogens is 405 g/mol. The molecule has 0 N–H and O–H groups in total. The zero-order valence-electron chi connectivity index (χ0n) is 18.2. The van der Waals surface area contributed by atoms with E-state index in [1.807, 2.05) is 0 Å². The maximum absolute atomic E-state index is 13.9. The van der Waals surface area contributed by atoms with Crippen molar-refractivity contribution in [2.45, 2.75) is 77.7 Å². The van der Waals surface area contributed by atoms with E-state index in [1.54, 1.807) is 0 Å². The molecule has 172 valence electrons. The van der Waals surface area contributed by atoms with E-state index in [0.29, 0.717) is 5.92 Å². The lowest BCUT2D eigenvalue weighted by Crippen LogP contribution is -2.35. The highest BCUT2D eigenvalue weighted by atomic mass is 19.3. The van der Waals surface area contributed by atoms with Gasteiger partial charge in [0.05, 0.1) is 5.92 Å². The fraction of sp³-hybridized carbons (Fsp3) is 0.720. The van der Waals surface area contributed by atoms with Crippen LogP contribution in [0.25, 0.3) is 0 Å². The number of esters is 1. The van der Waals surface area contributed by atoms with Gasteiger partial charge in [-0.1, -0.05) is 13.3 Å². The molecule has 4 unspecified atom stereocenters. The summed E-state index contributed by atoms with van der Waals surface area (Å²) in [4.78, 5) is 12.5. The van der Waals surface area contributed by atoms with E-state index in [0.717, 1.165) is 61.5 Å². The molecule has 1 aromatic carbocycles. The number of alkyl halides is 2. The molecule has 0 heterocycles. The largest absolute Gasteiger partial charge is 0.432 e. The third-order valence-corrected chi connectivity index (χ3v) is 8.03. The molecule has 31 heavy (non-hydrogen) atoms. The van der Waals surface area contributed by atoms with Gasteiger partial charge in [-0.2, -0.15) is 8.78 Å². The fourth-order valence-corrected chi connectivity index (χ4v) is 6.35. The predicted octanol–water partition coefficient (Wildman–Crippen LogP) is 6.99. The average molecular weight is 439 g/mol. The number of hydrogen-bond donors (Lipinski definition) is 0. The lowest BCUT2D eigenvalue weighted by molar-refractivity contribution is -0.140. The Labute approximate surface area is 182 Å². The Morgan fingerprint density at radius 1 is 0.903 bits per heavy atom. The minimum absolute atomic E-state index is 0.0242. The van der Waals surface area contributed by atoms with Gasteiger partial charge in [0.2, 0.25) is 0 Å². The van der Waals surface area contributed by atoms with Crippen LogP contribution < -0.4 is 9.47 Å². The van der Waals surface area contributed by atoms with Crippen LogP contribution in [0.15, 0.2) is 18.2 Å². The van der Waals surface area contributed by atoms with Crippen molar-refractivity contribution in [3.8, 4) is 11.5 Å². The first kappa shape index (κ1) is 22.5. The third kappa shape index (κ3) is 5.56. The molecule has 0 saturated heterocycles. The first-order valence-corrected chi connectivity index (χ1v) is 11.8. The number of halogens is 3. The van der Waals surface area contributed by atoms with Crippen molar-refractivity contribution < 1.29 is 27.4 Å². The predicted molar refractivity (Wildman–Crippen MR) is 111 cm³/mol. The minimum atomic E-state index is -3.10. The molecule has 3 saturated carbocycles. The number of hydrogen-bond acceptors (Lipinski definition) is 3. The van der Waals surface area contributed by atoms with Crippen LogP contribution >= 0.6 is 0 Å². The zero-order valence-corrected chi connectivity index (χ0v) is 18.2. The van der Waals surface area contributed by atoms with E-state index in [9.17, 15) is 18.0 Å². The Hall–Kier alpha value is -1.72. The van der Waals surface area contributed by atoms with E-state index in [2.05, 4.69) is 11.7 Å². The average Bonchev–Trinajstić information content (AvgIpc) is 2.75. The highest BCUT2D eigenvalue weighted by molar-refractivity contribution is 5.75. The van der Waals surface area contributed by atoms with Crippen molar-refractivity contribution in [1.29, 1.82) is 0 Å². The Morgan fingerprint density at radius 2 is 1.52 bits per heavy atom. The smallest absolute Gasteiger partial charge is 0.387 e. The van der Waals surface area contributed by atoms with Crippen LogP contribution in [0.1, 0.15) is 71.1 Å². The molecule has 3 fully saturated rings. The topological polar surface area (TPSA) is 35.5 Å². The van der Waals surface area contributed by atoms with Crippen molar-refractivity contribution in [3.63, 3.8) is 0 Å². The fourth-order valence-electron chi connectivity index (χ4n) is 6.35. The summed E-state index contributed by atoms with van der Waals surface area (Å²) in [6, 6.07) is 3.27. The number of carbonyl (C=O) groups is 1. The Morgan fingerprint density at radius 3 is 2.19 bits per heavy atom. The van der Waals surface area contributed by atoms with Gasteiger partial charge >= 0.3 is 12.6 Å². The third-order valence-electron chi connectivity index (χ3n) is 8.03. The zero-order chi connectivity index (χ0) is 22.0. The Bertz CT molecular complexity index is 760. The summed E-state index contributed by atoms with van der Waals surface area (Å²) >= 11 is 0. The van der Waals surface area contributed by atoms with Gasteiger partial charge in [-0.05, 0) is 99.5 Å². The Balaban J connectivity index is 1.25. The van der Waals surface area contributed by atoms with Crippen LogP contribution in [-0.2, 0) is 4.79 Å². The van der Waals surface area contributed by atoms with Gasteiger partial charge in [-0.3, -0.25) is 4.79 Å². The van der Waals surface area contributed by atoms with Crippen molar-refractivity contribution in [3.05, 3.63) is 24.0 Å². The molecule has 0 radical (unpaired) electrons. The normalized spacial score (nSPS) is 33.6. The summed E-state index contributed by atoms with van der Waals surface area (Å²) in [5, 5.41) is 0. The summed E-state index contributed by atoms with van der Waals surface area (Å²) in [6.45, 7) is -0.711. The lowest BCUT2D eigenvalue weighted by Gasteiger charge is -2.44. The van der Waals surface area contributed by atoms with Crippen LogP contribution in [0.5, 0.6) is 11.5 Å². The number of benzene rings is 1. The highest BCUT2D eigenvalue weighted by Crippen LogP contribution is 2.49. The van der Waals surface area contributed by atoms with Gasteiger partial charge in [0, 0.05) is 6.07 Å². The van der Waals surface area contributed by atoms with Gasteiger partial charge in [0.1, 0.15) is 5.75 Å². The van der Waals surface area contributed by atoms with Crippen molar-refractivity contribution in [2.24, 2.45) is 35.5 Å². The van der Waals surface area contributed by atoms with Crippen LogP contribution in [0.2, 0.25) is 0 Å². The van der Waals surface area contributed by atoms with Crippen LogP contribution in [0, 0.1) is 41.3 Å². The molecule has 1 aromatic rings. The number of ether oxygens (including phenoxy) is 2. The highest BCUT2D eigenvalue weighted by Gasteiger charge is 2.39. The monoisotopic (exact) mass is 438 g/mol. The van der Waals surface area contributed by atoms with E-state index in [1.165, 1.54) is 44.6 Å². The number of fused-ring (bicyclic) bond motifs is 1. The minimum Gasteiger partial charge on any atom is -0.432 e. The standard InChI is InChI=1S/C25H33F3O3/c1-15-2-3-20-13-19(9-8-18(20)12-15)16-4-6-17(7-5-16)24(29)30-21-10-11-23(22(26)14-21)31-25(27)28/h10-11,14-20,25H,2-9,12-13H2,1H3.